The van der Waals surface area contributed by atoms with Crippen LogP contribution in [0.5, 0.6) is 0 Å². The van der Waals surface area contributed by atoms with Gasteiger partial charge in [-0.25, -0.2) is 22.0 Å². The number of hydrogen-bond acceptors (Lipinski definition) is 2. The molecular weight excluding hydrogens is 279 g/mol. The van der Waals surface area contributed by atoms with E-state index in [-0.39, 0.29) is 6.54 Å². The summed E-state index contributed by atoms with van der Waals surface area (Å²) in [6, 6.07) is 6.31. The zero-order valence-electron chi connectivity index (χ0n) is 9.98. The van der Waals surface area contributed by atoms with Crippen LogP contribution in [0.15, 0.2) is 24.3 Å². The average Bonchev–Trinajstić information content (AvgIpc) is 2.43. The van der Waals surface area contributed by atoms with Gasteiger partial charge in [0.2, 0.25) is 5.82 Å². The molecule has 0 saturated carbocycles. The summed E-state index contributed by atoms with van der Waals surface area (Å²) in [6.07, 6.45) is 0. The number of nitrogen functional groups attached to an aromatic ring is 1. The fraction of sp³-hybridized carbons (Fsp3) is 0.0769. The third-order valence-electron chi connectivity index (χ3n) is 2.63. The lowest BCUT2D eigenvalue weighted by Gasteiger charge is -2.11. The SMILES string of the molecule is Nc1cccc(CNc2c(F)c(F)c(F)c(F)c2F)c1. The Labute approximate surface area is 111 Å². The van der Waals surface area contributed by atoms with Gasteiger partial charge in [-0.3, -0.25) is 0 Å². The molecule has 0 aliphatic rings. The first-order valence-electron chi connectivity index (χ1n) is 5.51. The highest BCUT2D eigenvalue weighted by Crippen LogP contribution is 2.27. The summed E-state index contributed by atoms with van der Waals surface area (Å²) < 4.78 is 65.5. The Morgan fingerprint density at radius 3 is 1.95 bits per heavy atom. The second-order valence-electron chi connectivity index (χ2n) is 4.04. The third-order valence-corrected chi connectivity index (χ3v) is 2.63. The zero-order chi connectivity index (χ0) is 14.9. The standard InChI is InChI=1S/C13H9F5N2/c14-8-9(15)11(17)13(12(18)10(8)16)20-5-6-2-1-3-7(19)4-6/h1-4,20H,5,19H2. The van der Waals surface area contributed by atoms with Gasteiger partial charge in [-0.1, -0.05) is 12.1 Å². The van der Waals surface area contributed by atoms with Crippen molar-refractivity contribution in [1.82, 2.24) is 0 Å². The predicted molar refractivity (Wildman–Crippen MR) is 64.4 cm³/mol. The Morgan fingerprint density at radius 2 is 1.40 bits per heavy atom. The van der Waals surface area contributed by atoms with Crippen LogP contribution in [0.25, 0.3) is 0 Å². The molecule has 0 bridgehead atoms. The highest BCUT2D eigenvalue weighted by Gasteiger charge is 2.25. The average molecular weight is 288 g/mol. The summed E-state index contributed by atoms with van der Waals surface area (Å²) in [4.78, 5) is 0. The largest absolute Gasteiger partial charge is 0.399 e. The van der Waals surface area contributed by atoms with E-state index in [4.69, 9.17) is 5.73 Å². The van der Waals surface area contributed by atoms with Crippen molar-refractivity contribution in [3.05, 3.63) is 58.9 Å². The van der Waals surface area contributed by atoms with Crippen LogP contribution in [0, 0.1) is 29.1 Å². The lowest BCUT2D eigenvalue weighted by molar-refractivity contribution is 0.381. The summed E-state index contributed by atoms with van der Waals surface area (Å²) in [5, 5.41) is 2.18. The summed E-state index contributed by atoms with van der Waals surface area (Å²) in [5.74, 6) is -9.96. The van der Waals surface area contributed by atoms with Gasteiger partial charge in [0.1, 0.15) is 5.69 Å². The quantitative estimate of drug-likeness (QED) is 0.392. The van der Waals surface area contributed by atoms with E-state index >= 15 is 0 Å². The van der Waals surface area contributed by atoms with Gasteiger partial charge in [-0.2, -0.15) is 0 Å². The van der Waals surface area contributed by atoms with Gasteiger partial charge in [0.05, 0.1) is 0 Å². The Balaban J connectivity index is 2.30. The minimum atomic E-state index is -2.19. The van der Waals surface area contributed by atoms with Crippen LogP contribution in [-0.4, -0.2) is 0 Å². The van der Waals surface area contributed by atoms with Gasteiger partial charge in [-0.05, 0) is 17.7 Å². The smallest absolute Gasteiger partial charge is 0.200 e. The lowest BCUT2D eigenvalue weighted by Crippen LogP contribution is -2.10. The van der Waals surface area contributed by atoms with Crippen molar-refractivity contribution in [2.45, 2.75) is 6.54 Å². The number of nitrogens with two attached hydrogens (primary N) is 1. The molecule has 0 heterocycles. The highest BCUT2D eigenvalue weighted by molar-refractivity contribution is 5.49. The van der Waals surface area contributed by atoms with Crippen molar-refractivity contribution >= 4 is 11.4 Å². The van der Waals surface area contributed by atoms with E-state index in [2.05, 4.69) is 5.32 Å². The summed E-state index contributed by atoms with van der Waals surface area (Å²) in [5.41, 5.74) is 5.40. The van der Waals surface area contributed by atoms with E-state index in [0.717, 1.165) is 0 Å². The fourth-order valence-electron chi connectivity index (χ4n) is 1.65. The van der Waals surface area contributed by atoms with Crippen LogP contribution in [0.3, 0.4) is 0 Å². The molecule has 7 heteroatoms. The first-order chi connectivity index (χ1) is 9.41. The van der Waals surface area contributed by atoms with Gasteiger partial charge >= 0.3 is 0 Å². The van der Waals surface area contributed by atoms with Crippen molar-refractivity contribution in [2.24, 2.45) is 0 Å². The maximum atomic E-state index is 13.4. The highest BCUT2D eigenvalue weighted by atomic mass is 19.2. The van der Waals surface area contributed by atoms with Gasteiger partial charge in [0, 0.05) is 12.2 Å². The third kappa shape index (κ3) is 2.52. The first kappa shape index (κ1) is 14.1. The van der Waals surface area contributed by atoms with E-state index in [1.54, 1.807) is 18.2 Å². The normalized spacial score (nSPS) is 10.7. The van der Waals surface area contributed by atoms with Crippen LogP contribution >= 0.6 is 0 Å². The van der Waals surface area contributed by atoms with Crippen LogP contribution in [-0.2, 0) is 6.54 Å². The number of halogens is 5. The molecule has 0 radical (unpaired) electrons. The minimum absolute atomic E-state index is 0.136. The Bertz CT molecular complexity index is 628. The molecule has 0 aromatic heterocycles. The van der Waals surface area contributed by atoms with Gasteiger partial charge in [0.25, 0.3) is 0 Å². The molecule has 20 heavy (non-hydrogen) atoms. The van der Waals surface area contributed by atoms with Crippen molar-refractivity contribution in [1.29, 1.82) is 0 Å². The van der Waals surface area contributed by atoms with E-state index in [1.807, 2.05) is 0 Å². The zero-order valence-corrected chi connectivity index (χ0v) is 9.98. The second kappa shape index (κ2) is 5.36. The van der Waals surface area contributed by atoms with E-state index < -0.39 is 34.8 Å². The molecule has 2 rings (SSSR count). The van der Waals surface area contributed by atoms with E-state index in [1.165, 1.54) is 6.07 Å². The van der Waals surface area contributed by atoms with Crippen molar-refractivity contribution in [2.75, 3.05) is 11.1 Å². The Kier molecular flexibility index (Phi) is 3.78. The first-order valence-corrected chi connectivity index (χ1v) is 5.51. The molecule has 0 aliphatic heterocycles. The molecule has 0 amide bonds. The molecule has 2 aromatic rings. The molecule has 2 nitrogen and oxygen atoms in total. The predicted octanol–water partition coefficient (Wildman–Crippen LogP) is 3.58. The van der Waals surface area contributed by atoms with Crippen LogP contribution < -0.4 is 11.1 Å². The molecular formula is C13H9F5N2. The maximum Gasteiger partial charge on any atom is 0.200 e. The van der Waals surface area contributed by atoms with Crippen molar-refractivity contribution in [3.63, 3.8) is 0 Å². The van der Waals surface area contributed by atoms with Gasteiger partial charge < -0.3 is 11.1 Å². The number of anilines is 2. The Hall–Kier alpha value is -2.31. The molecule has 3 N–H and O–H groups in total. The van der Waals surface area contributed by atoms with Crippen LogP contribution in [0.1, 0.15) is 5.56 Å². The van der Waals surface area contributed by atoms with Crippen LogP contribution in [0.4, 0.5) is 33.3 Å². The monoisotopic (exact) mass is 288 g/mol. The molecule has 0 spiro atoms. The lowest BCUT2D eigenvalue weighted by atomic mass is 10.2. The molecule has 106 valence electrons. The molecule has 0 unspecified atom stereocenters. The van der Waals surface area contributed by atoms with Crippen molar-refractivity contribution < 1.29 is 22.0 Å². The minimum Gasteiger partial charge on any atom is -0.399 e. The van der Waals surface area contributed by atoms with E-state index in [0.29, 0.717) is 11.3 Å². The topological polar surface area (TPSA) is 38.0 Å². The van der Waals surface area contributed by atoms with E-state index in [9.17, 15) is 22.0 Å². The number of hydrogen-bond donors (Lipinski definition) is 2. The summed E-state index contributed by atoms with van der Waals surface area (Å²) in [7, 11) is 0. The molecule has 2 aromatic carbocycles. The molecule has 0 fully saturated rings. The van der Waals surface area contributed by atoms with Crippen LogP contribution in [0.2, 0.25) is 0 Å². The number of rotatable bonds is 3. The van der Waals surface area contributed by atoms with Gasteiger partial charge in [0.15, 0.2) is 23.3 Å². The molecule has 0 atom stereocenters. The number of nitrogens with one attached hydrogen (secondary N) is 1. The Morgan fingerprint density at radius 1 is 0.850 bits per heavy atom. The molecule has 0 saturated heterocycles. The summed E-state index contributed by atoms with van der Waals surface area (Å²) in [6.45, 7) is -0.136. The fourth-order valence-corrected chi connectivity index (χ4v) is 1.65. The van der Waals surface area contributed by atoms with Crippen molar-refractivity contribution in [3.8, 4) is 0 Å². The van der Waals surface area contributed by atoms with Gasteiger partial charge in [-0.15, -0.1) is 0 Å². The molecule has 0 aliphatic carbocycles. The second-order valence-corrected chi connectivity index (χ2v) is 4.04. The summed E-state index contributed by atoms with van der Waals surface area (Å²) >= 11 is 0. The maximum absolute atomic E-state index is 13.4. The number of benzene rings is 2.